The van der Waals surface area contributed by atoms with E-state index in [0.29, 0.717) is 11.8 Å². The monoisotopic (exact) mass is 465 g/mol. The van der Waals surface area contributed by atoms with Crippen LogP contribution in [0.3, 0.4) is 0 Å². The smallest absolute Gasteiger partial charge is 0.220 e. The minimum Gasteiger partial charge on any atom is -0.481 e. The summed E-state index contributed by atoms with van der Waals surface area (Å²) in [6.07, 6.45) is 0. The number of rotatable bonds is 6. The van der Waals surface area contributed by atoms with Gasteiger partial charge < -0.3 is 19.6 Å². The molecular formula is C29H27N3O3. The lowest BCUT2D eigenvalue weighted by molar-refractivity contribution is -0.0979. The molecule has 0 amide bonds. The molecule has 0 saturated carbocycles. The lowest BCUT2D eigenvalue weighted by Crippen LogP contribution is -2.02. The zero-order valence-electron chi connectivity index (χ0n) is 19.7. The molecule has 6 heteroatoms. The number of nitrogens with zero attached hydrogens (tertiary/aromatic N) is 2. The first kappa shape index (κ1) is 24.9. The Morgan fingerprint density at radius 3 is 1.23 bits per heavy atom. The fraction of sp³-hybridized carbons (Fsp3) is 0.0690. The molecule has 0 bridgehead atoms. The Labute approximate surface area is 205 Å². The molecule has 6 nitrogen and oxygen atoms in total. The minimum absolute atomic E-state index is 0.582. The van der Waals surface area contributed by atoms with Crippen molar-refractivity contribution in [1.29, 1.82) is 0 Å². The van der Waals surface area contributed by atoms with E-state index in [4.69, 9.17) is 14.3 Å². The lowest BCUT2D eigenvalue weighted by atomic mass is 10.2. The van der Waals surface area contributed by atoms with Crippen LogP contribution in [0.5, 0.6) is 0 Å². The summed E-state index contributed by atoms with van der Waals surface area (Å²) in [5.74, 6) is 1.16. The molecule has 0 aliphatic carbocycles. The molecule has 0 aliphatic rings. The fourth-order valence-corrected chi connectivity index (χ4v) is 3.26. The van der Waals surface area contributed by atoms with Gasteiger partial charge in [0.1, 0.15) is 6.79 Å². The van der Waals surface area contributed by atoms with E-state index in [0.717, 1.165) is 33.9 Å². The number of benzene rings is 4. The summed E-state index contributed by atoms with van der Waals surface area (Å²) in [6.45, 7) is 2.00. The SMILES string of the molecule is C=O.COC(=Nc1ccc(Nc2ccc(N=C(OC)c3ccccc3)cc2)cc1)c1ccccc1. The highest BCUT2D eigenvalue weighted by molar-refractivity contribution is 5.96. The molecule has 0 aromatic heterocycles. The molecule has 0 heterocycles. The molecule has 4 rings (SSSR count). The maximum atomic E-state index is 8.00. The van der Waals surface area contributed by atoms with E-state index in [9.17, 15) is 0 Å². The number of carbonyl (C=O) groups is 1. The second-order valence-corrected chi connectivity index (χ2v) is 7.19. The first-order chi connectivity index (χ1) is 17.2. The lowest BCUT2D eigenvalue weighted by Gasteiger charge is -2.09. The fourth-order valence-electron chi connectivity index (χ4n) is 3.26. The van der Waals surface area contributed by atoms with Crippen molar-refractivity contribution in [3.05, 3.63) is 120 Å². The number of anilines is 2. The van der Waals surface area contributed by atoms with E-state index >= 15 is 0 Å². The van der Waals surface area contributed by atoms with Crippen LogP contribution in [0.4, 0.5) is 22.7 Å². The number of carbonyl (C=O) groups excluding carboxylic acids is 1. The van der Waals surface area contributed by atoms with Crippen molar-refractivity contribution < 1.29 is 14.3 Å². The summed E-state index contributed by atoms with van der Waals surface area (Å²) in [7, 11) is 3.26. The van der Waals surface area contributed by atoms with E-state index in [2.05, 4.69) is 15.3 Å². The zero-order valence-corrected chi connectivity index (χ0v) is 19.7. The Kier molecular flexibility index (Phi) is 9.33. The maximum Gasteiger partial charge on any atom is 0.220 e. The van der Waals surface area contributed by atoms with Gasteiger partial charge in [0.05, 0.1) is 25.6 Å². The van der Waals surface area contributed by atoms with Crippen molar-refractivity contribution in [2.75, 3.05) is 19.5 Å². The van der Waals surface area contributed by atoms with Gasteiger partial charge in [-0.05, 0) is 72.8 Å². The number of ether oxygens (including phenoxy) is 2. The molecule has 0 aliphatic heterocycles. The minimum atomic E-state index is 0.582. The highest BCUT2D eigenvalue weighted by atomic mass is 16.5. The topological polar surface area (TPSA) is 72.3 Å². The Morgan fingerprint density at radius 2 is 0.914 bits per heavy atom. The normalized spacial score (nSPS) is 11.1. The average Bonchev–Trinajstić information content (AvgIpc) is 2.94. The molecule has 4 aromatic rings. The highest BCUT2D eigenvalue weighted by Crippen LogP contribution is 2.24. The van der Waals surface area contributed by atoms with Crippen LogP contribution in [0.2, 0.25) is 0 Å². The van der Waals surface area contributed by atoms with Crippen LogP contribution in [0.15, 0.2) is 119 Å². The molecule has 176 valence electrons. The summed E-state index contributed by atoms with van der Waals surface area (Å²) in [5.41, 5.74) is 5.44. The van der Waals surface area contributed by atoms with E-state index < -0.39 is 0 Å². The number of hydrogen-bond donors (Lipinski definition) is 1. The van der Waals surface area contributed by atoms with Gasteiger partial charge in [-0.25, -0.2) is 9.98 Å². The van der Waals surface area contributed by atoms with Crippen molar-refractivity contribution in [3.63, 3.8) is 0 Å². The molecule has 0 atom stereocenters. The van der Waals surface area contributed by atoms with Crippen molar-refractivity contribution in [1.82, 2.24) is 0 Å². The van der Waals surface area contributed by atoms with Gasteiger partial charge in [-0.3, -0.25) is 0 Å². The first-order valence-electron chi connectivity index (χ1n) is 10.9. The number of aliphatic imine (C=N–C) groups is 2. The van der Waals surface area contributed by atoms with Crippen molar-refractivity contribution in [2.45, 2.75) is 0 Å². The third-order valence-corrected chi connectivity index (χ3v) is 4.91. The zero-order chi connectivity index (χ0) is 24.9. The van der Waals surface area contributed by atoms with Gasteiger partial charge in [-0.1, -0.05) is 36.4 Å². The quantitative estimate of drug-likeness (QED) is 0.254. The molecule has 1 N–H and O–H groups in total. The van der Waals surface area contributed by atoms with Crippen molar-refractivity contribution in [3.8, 4) is 0 Å². The number of hydrogen-bond acceptors (Lipinski definition) is 6. The Balaban J connectivity index is 0.00000167. The van der Waals surface area contributed by atoms with Crippen LogP contribution >= 0.6 is 0 Å². The second kappa shape index (κ2) is 13.1. The largest absolute Gasteiger partial charge is 0.481 e. The van der Waals surface area contributed by atoms with Crippen LogP contribution in [0.25, 0.3) is 0 Å². The molecule has 0 spiro atoms. The van der Waals surface area contributed by atoms with Crippen LogP contribution in [0.1, 0.15) is 11.1 Å². The van der Waals surface area contributed by atoms with E-state index in [1.807, 2.05) is 116 Å². The van der Waals surface area contributed by atoms with Gasteiger partial charge in [0.2, 0.25) is 11.8 Å². The standard InChI is InChI=1S/C28H25N3O2.CH2O/c1-32-27(21-9-5-3-6-10-21)30-25-17-13-23(14-18-25)29-24-15-19-26(20-16-24)31-28(33-2)22-11-7-4-8-12-22;1-2/h3-20,29H,1-2H3;1H2. The molecule has 35 heavy (non-hydrogen) atoms. The molecule has 0 unspecified atom stereocenters. The van der Waals surface area contributed by atoms with E-state index in [-0.39, 0.29) is 0 Å². The molecule has 0 fully saturated rings. The number of nitrogens with one attached hydrogen (secondary N) is 1. The van der Waals surface area contributed by atoms with Gasteiger partial charge >= 0.3 is 0 Å². The summed E-state index contributed by atoms with van der Waals surface area (Å²) < 4.78 is 10.9. The van der Waals surface area contributed by atoms with Crippen LogP contribution in [0, 0.1) is 0 Å². The van der Waals surface area contributed by atoms with Crippen molar-refractivity contribution >= 4 is 41.3 Å². The van der Waals surface area contributed by atoms with E-state index in [1.54, 1.807) is 14.2 Å². The summed E-state index contributed by atoms with van der Waals surface area (Å²) >= 11 is 0. The van der Waals surface area contributed by atoms with Crippen molar-refractivity contribution in [2.24, 2.45) is 9.98 Å². The maximum absolute atomic E-state index is 8.00. The van der Waals surface area contributed by atoms with Gasteiger partial charge in [0.15, 0.2) is 0 Å². The Morgan fingerprint density at radius 1 is 0.571 bits per heavy atom. The Bertz CT molecular complexity index is 1140. The van der Waals surface area contributed by atoms with Crippen LogP contribution < -0.4 is 5.32 Å². The van der Waals surface area contributed by atoms with Crippen LogP contribution in [-0.4, -0.2) is 32.8 Å². The summed E-state index contributed by atoms with van der Waals surface area (Å²) in [5, 5.41) is 3.40. The van der Waals surface area contributed by atoms with Crippen LogP contribution in [-0.2, 0) is 14.3 Å². The van der Waals surface area contributed by atoms with Gasteiger partial charge in [-0.2, -0.15) is 0 Å². The Hall–Kier alpha value is -4.71. The molecule has 0 saturated heterocycles. The highest BCUT2D eigenvalue weighted by Gasteiger charge is 2.05. The first-order valence-corrected chi connectivity index (χ1v) is 10.9. The average molecular weight is 466 g/mol. The summed E-state index contributed by atoms with van der Waals surface area (Å²) in [4.78, 5) is 17.2. The second-order valence-electron chi connectivity index (χ2n) is 7.19. The molecule has 4 aromatic carbocycles. The third kappa shape index (κ3) is 7.14. The van der Waals surface area contributed by atoms with Gasteiger partial charge in [-0.15, -0.1) is 0 Å². The number of methoxy groups -OCH3 is 2. The van der Waals surface area contributed by atoms with Gasteiger partial charge in [0, 0.05) is 22.5 Å². The summed E-state index contributed by atoms with van der Waals surface area (Å²) in [6, 6.07) is 35.4. The van der Waals surface area contributed by atoms with E-state index in [1.165, 1.54) is 0 Å². The predicted molar refractivity (Wildman–Crippen MR) is 143 cm³/mol. The molecule has 0 radical (unpaired) electrons. The third-order valence-electron chi connectivity index (χ3n) is 4.91. The molecular weight excluding hydrogens is 438 g/mol. The van der Waals surface area contributed by atoms with Gasteiger partial charge in [0.25, 0.3) is 0 Å². The predicted octanol–water partition coefficient (Wildman–Crippen LogP) is 6.69.